The predicted octanol–water partition coefficient (Wildman–Crippen LogP) is 3.09. The molecule has 0 radical (unpaired) electrons. The maximum Gasteiger partial charge on any atom is 0.161 e. The average molecular weight is 281 g/mol. The number of aromatic hydroxyl groups is 1. The van der Waals surface area contributed by atoms with Crippen molar-refractivity contribution in [2.75, 3.05) is 19.8 Å². The molecule has 4 nitrogen and oxygen atoms in total. The Bertz CT molecular complexity index is 380. The van der Waals surface area contributed by atoms with Gasteiger partial charge < -0.3 is 19.9 Å². The lowest BCUT2D eigenvalue weighted by molar-refractivity contribution is 0.0760. The molecular formula is C16H27NO3. The fraction of sp³-hybridized carbons (Fsp3) is 0.625. The van der Waals surface area contributed by atoms with E-state index in [-0.39, 0.29) is 5.75 Å². The largest absolute Gasteiger partial charge is 0.504 e. The zero-order valence-electron chi connectivity index (χ0n) is 12.8. The van der Waals surface area contributed by atoms with Crippen LogP contribution in [0, 0.1) is 0 Å². The van der Waals surface area contributed by atoms with Crippen LogP contribution in [-0.4, -0.2) is 31.0 Å². The van der Waals surface area contributed by atoms with Crippen molar-refractivity contribution in [3.05, 3.63) is 23.8 Å². The van der Waals surface area contributed by atoms with Crippen LogP contribution in [0.5, 0.6) is 11.5 Å². The van der Waals surface area contributed by atoms with E-state index in [1.54, 1.807) is 6.07 Å². The van der Waals surface area contributed by atoms with Gasteiger partial charge in [0.05, 0.1) is 12.7 Å². The lowest BCUT2D eigenvalue weighted by Gasteiger charge is -2.10. The fourth-order valence-corrected chi connectivity index (χ4v) is 1.84. The Labute approximate surface area is 122 Å². The number of phenolic OH excluding ortho intramolecular Hbond substituents is 1. The number of rotatable bonds is 10. The van der Waals surface area contributed by atoms with E-state index in [2.05, 4.69) is 19.2 Å². The Balaban J connectivity index is 2.20. The van der Waals surface area contributed by atoms with Crippen LogP contribution in [0.25, 0.3) is 0 Å². The summed E-state index contributed by atoms with van der Waals surface area (Å²) >= 11 is 0. The van der Waals surface area contributed by atoms with Crippen LogP contribution in [0.3, 0.4) is 0 Å². The van der Waals surface area contributed by atoms with Gasteiger partial charge in [0.2, 0.25) is 0 Å². The van der Waals surface area contributed by atoms with Crippen molar-refractivity contribution in [1.82, 2.24) is 5.32 Å². The van der Waals surface area contributed by atoms with Gasteiger partial charge in [0.15, 0.2) is 11.5 Å². The highest BCUT2D eigenvalue weighted by Gasteiger charge is 2.03. The van der Waals surface area contributed by atoms with E-state index < -0.39 is 0 Å². The minimum atomic E-state index is 0.196. The highest BCUT2D eigenvalue weighted by atomic mass is 16.5. The highest BCUT2D eigenvalue weighted by Crippen LogP contribution is 2.26. The molecule has 0 aromatic heterocycles. The summed E-state index contributed by atoms with van der Waals surface area (Å²) in [6.45, 7) is 9.15. The van der Waals surface area contributed by atoms with Crippen molar-refractivity contribution in [3.8, 4) is 11.5 Å². The van der Waals surface area contributed by atoms with E-state index in [1.807, 2.05) is 19.1 Å². The van der Waals surface area contributed by atoms with E-state index in [9.17, 15) is 5.11 Å². The summed E-state index contributed by atoms with van der Waals surface area (Å²) < 4.78 is 10.9. The quantitative estimate of drug-likeness (QED) is 0.647. The number of hydrogen-bond acceptors (Lipinski definition) is 4. The van der Waals surface area contributed by atoms with Crippen LogP contribution < -0.4 is 10.1 Å². The van der Waals surface area contributed by atoms with E-state index in [1.165, 1.54) is 0 Å². The van der Waals surface area contributed by atoms with Crippen LogP contribution in [-0.2, 0) is 11.3 Å². The smallest absolute Gasteiger partial charge is 0.161 e. The van der Waals surface area contributed by atoms with Gasteiger partial charge in [-0.05, 0) is 57.9 Å². The van der Waals surface area contributed by atoms with Crippen molar-refractivity contribution in [2.45, 2.75) is 46.3 Å². The first-order chi connectivity index (χ1) is 9.63. The molecule has 0 saturated carbocycles. The number of ether oxygens (including phenoxy) is 2. The summed E-state index contributed by atoms with van der Waals surface area (Å²) in [4.78, 5) is 0. The van der Waals surface area contributed by atoms with E-state index >= 15 is 0 Å². The number of benzene rings is 1. The average Bonchev–Trinajstić information content (AvgIpc) is 2.41. The monoisotopic (exact) mass is 281 g/mol. The Hall–Kier alpha value is -1.26. The zero-order valence-corrected chi connectivity index (χ0v) is 12.8. The lowest BCUT2D eigenvalue weighted by Crippen LogP contribution is -2.15. The highest BCUT2D eigenvalue weighted by molar-refractivity contribution is 5.41. The van der Waals surface area contributed by atoms with Crippen molar-refractivity contribution in [2.24, 2.45) is 0 Å². The topological polar surface area (TPSA) is 50.7 Å². The molecule has 0 amide bonds. The third kappa shape index (κ3) is 6.78. The van der Waals surface area contributed by atoms with Crippen molar-refractivity contribution >= 4 is 0 Å². The number of nitrogens with one attached hydrogen (secondary N) is 1. The fourth-order valence-electron chi connectivity index (χ4n) is 1.84. The molecular weight excluding hydrogens is 254 g/mol. The Morgan fingerprint density at radius 3 is 2.75 bits per heavy atom. The summed E-state index contributed by atoms with van der Waals surface area (Å²) in [7, 11) is 0. The standard InChI is InChI=1S/C16H27NO3/c1-4-19-16-11-14(7-8-15(16)18)12-17-9-5-6-10-20-13(2)3/h7-8,11,13,17-18H,4-6,9-10,12H2,1-3H3. The van der Waals surface area contributed by atoms with E-state index in [0.29, 0.717) is 18.5 Å². The molecule has 0 saturated heterocycles. The first-order valence-electron chi connectivity index (χ1n) is 7.40. The minimum absolute atomic E-state index is 0.196. The van der Waals surface area contributed by atoms with Gasteiger partial charge in [-0.1, -0.05) is 6.07 Å². The molecule has 2 N–H and O–H groups in total. The number of hydrogen-bond donors (Lipinski definition) is 2. The summed E-state index contributed by atoms with van der Waals surface area (Å²) in [6, 6.07) is 5.47. The van der Waals surface area contributed by atoms with Gasteiger partial charge in [-0.2, -0.15) is 0 Å². The molecule has 0 heterocycles. The molecule has 0 fully saturated rings. The van der Waals surface area contributed by atoms with Crippen LogP contribution in [0.1, 0.15) is 39.2 Å². The van der Waals surface area contributed by atoms with Gasteiger partial charge in [-0.3, -0.25) is 0 Å². The second-order valence-electron chi connectivity index (χ2n) is 5.04. The molecule has 0 bridgehead atoms. The third-order valence-corrected chi connectivity index (χ3v) is 2.85. The summed E-state index contributed by atoms with van der Waals surface area (Å²) in [5, 5.41) is 13.0. The molecule has 0 aliphatic heterocycles. The van der Waals surface area contributed by atoms with Gasteiger partial charge in [-0.25, -0.2) is 0 Å². The van der Waals surface area contributed by atoms with Crippen LogP contribution >= 0.6 is 0 Å². The molecule has 0 unspecified atom stereocenters. The maximum atomic E-state index is 9.62. The Kier molecular flexibility index (Phi) is 8.07. The summed E-state index contributed by atoms with van der Waals surface area (Å²) in [5.74, 6) is 0.749. The molecule has 0 spiro atoms. The van der Waals surface area contributed by atoms with E-state index in [4.69, 9.17) is 9.47 Å². The SMILES string of the molecule is CCOc1cc(CNCCCCOC(C)C)ccc1O. The van der Waals surface area contributed by atoms with Crippen LogP contribution in [0.15, 0.2) is 18.2 Å². The first kappa shape index (κ1) is 16.8. The molecule has 0 aliphatic carbocycles. The molecule has 0 atom stereocenters. The normalized spacial score (nSPS) is 11.0. The molecule has 0 aliphatic rings. The molecule has 4 heteroatoms. The number of unbranched alkanes of at least 4 members (excludes halogenated alkanes) is 1. The van der Waals surface area contributed by atoms with Gasteiger partial charge >= 0.3 is 0 Å². The summed E-state index contributed by atoms with van der Waals surface area (Å²) in [6.07, 6.45) is 2.49. The Morgan fingerprint density at radius 1 is 1.25 bits per heavy atom. The second kappa shape index (κ2) is 9.61. The molecule has 1 aromatic carbocycles. The van der Waals surface area contributed by atoms with Crippen molar-refractivity contribution in [3.63, 3.8) is 0 Å². The molecule has 1 aromatic rings. The number of phenols is 1. The minimum Gasteiger partial charge on any atom is -0.504 e. The van der Waals surface area contributed by atoms with Crippen LogP contribution in [0.2, 0.25) is 0 Å². The molecule has 114 valence electrons. The van der Waals surface area contributed by atoms with Crippen molar-refractivity contribution < 1.29 is 14.6 Å². The predicted molar refractivity (Wildman–Crippen MR) is 81.3 cm³/mol. The Morgan fingerprint density at radius 2 is 2.05 bits per heavy atom. The second-order valence-corrected chi connectivity index (χ2v) is 5.04. The van der Waals surface area contributed by atoms with Gasteiger partial charge in [-0.15, -0.1) is 0 Å². The summed E-state index contributed by atoms with van der Waals surface area (Å²) in [5.41, 5.74) is 1.12. The van der Waals surface area contributed by atoms with Gasteiger partial charge in [0.1, 0.15) is 0 Å². The lowest BCUT2D eigenvalue weighted by atomic mass is 10.2. The maximum absolute atomic E-state index is 9.62. The van der Waals surface area contributed by atoms with Crippen molar-refractivity contribution in [1.29, 1.82) is 0 Å². The van der Waals surface area contributed by atoms with Gasteiger partial charge in [0.25, 0.3) is 0 Å². The van der Waals surface area contributed by atoms with Crippen LogP contribution in [0.4, 0.5) is 0 Å². The zero-order chi connectivity index (χ0) is 14.8. The van der Waals surface area contributed by atoms with Gasteiger partial charge in [0, 0.05) is 13.2 Å². The third-order valence-electron chi connectivity index (χ3n) is 2.85. The first-order valence-corrected chi connectivity index (χ1v) is 7.40. The molecule has 1 rings (SSSR count). The van der Waals surface area contributed by atoms with E-state index in [0.717, 1.165) is 38.1 Å². The molecule has 20 heavy (non-hydrogen) atoms.